The maximum absolute atomic E-state index is 15.1. The van der Waals surface area contributed by atoms with Crippen LogP contribution in [0.5, 0.6) is 0 Å². The summed E-state index contributed by atoms with van der Waals surface area (Å²) in [5.74, 6) is -2.58. The number of benzene rings is 2. The number of rotatable bonds is 5. The van der Waals surface area contributed by atoms with Gasteiger partial charge in [0, 0.05) is 41.6 Å². The Kier molecular flexibility index (Phi) is 7.49. The Hall–Kier alpha value is -3.27. The summed E-state index contributed by atoms with van der Waals surface area (Å²) >= 11 is 5.40. The van der Waals surface area contributed by atoms with E-state index in [1.807, 2.05) is 19.1 Å². The van der Waals surface area contributed by atoms with Crippen LogP contribution < -0.4 is 10.6 Å². The molecule has 9 heteroatoms. The first-order valence-corrected chi connectivity index (χ1v) is 11.5. The predicted molar refractivity (Wildman–Crippen MR) is 131 cm³/mol. The van der Waals surface area contributed by atoms with Crippen molar-refractivity contribution in [3.05, 3.63) is 101 Å². The van der Waals surface area contributed by atoms with Gasteiger partial charge < -0.3 is 15.2 Å². The van der Waals surface area contributed by atoms with Crippen molar-refractivity contribution in [3.63, 3.8) is 0 Å². The number of hydrogen-bond donors (Lipinski definition) is 3. The lowest BCUT2D eigenvalue weighted by molar-refractivity contribution is -0.0856. The molecule has 4 rings (SSSR count). The fourth-order valence-electron chi connectivity index (χ4n) is 4.36. The molecule has 6 nitrogen and oxygen atoms in total. The number of amides is 1. The normalized spacial score (nSPS) is 21.8. The zero-order chi connectivity index (χ0) is 25.0. The molecule has 1 saturated heterocycles. The van der Waals surface area contributed by atoms with E-state index in [0.29, 0.717) is 12.0 Å². The lowest BCUT2D eigenvalue weighted by Crippen LogP contribution is -2.60. The number of halogens is 2. The quantitative estimate of drug-likeness (QED) is 0.464. The summed E-state index contributed by atoms with van der Waals surface area (Å²) in [6.45, 7) is 1.44. The minimum Gasteiger partial charge on any atom is -0.396 e. The number of aromatic nitrogens is 1. The summed E-state index contributed by atoms with van der Waals surface area (Å²) in [6.07, 6.45) is 1.62. The molecule has 0 spiro atoms. The summed E-state index contributed by atoms with van der Waals surface area (Å²) in [5, 5.41) is 15.9. The van der Waals surface area contributed by atoms with E-state index >= 15 is 4.39 Å². The molecule has 0 radical (unpaired) electrons. The molecule has 1 fully saturated rings. The molecule has 0 bridgehead atoms. The fourth-order valence-corrected chi connectivity index (χ4v) is 4.64. The molecule has 0 saturated carbocycles. The number of nitrogens with one attached hydrogen (secondary N) is 2. The Morgan fingerprint density at radius 1 is 1.20 bits per heavy atom. The van der Waals surface area contributed by atoms with Gasteiger partial charge in [-0.1, -0.05) is 30.3 Å². The van der Waals surface area contributed by atoms with Crippen molar-refractivity contribution >= 4 is 23.2 Å². The third-order valence-corrected chi connectivity index (χ3v) is 6.45. The van der Waals surface area contributed by atoms with Crippen molar-refractivity contribution in [3.8, 4) is 0 Å². The van der Waals surface area contributed by atoms with E-state index in [1.54, 1.807) is 36.5 Å². The SMILES string of the molecule is Cc1ccc(C2CC(CO)C(NC(=S)NC(=O)c3ccccc3)(c3ccc(F)cc3F)CO2)cn1. The van der Waals surface area contributed by atoms with Crippen LogP contribution >= 0.6 is 12.2 Å². The first kappa shape index (κ1) is 24.8. The molecule has 1 amide bonds. The van der Waals surface area contributed by atoms with Crippen LogP contribution in [0, 0.1) is 24.5 Å². The molecule has 1 aromatic heterocycles. The number of carbonyl (C=O) groups excluding carboxylic acids is 1. The Morgan fingerprint density at radius 3 is 2.63 bits per heavy atom. The number of hydrogen-bond acceptors (Lipinski definition) is 5. The van der Waals surface area contributed by atoms with Gasteiger partial charge in [0.05, 0.1) is 18.2 Å². The second-order valence-electron chi connectivity index (χ2n) is 8.52. The van der Waals surface area contributed by atoms with E-state index < -0.39 is 35.1 Å². The van der Waals surface area contributed by atoms with Gasteiger partial charge in [0.1, 0.15) is 11.6 Å². The van der Waals surface area contributed by atoms with E-state index in [4.69, 9.17) is 17.0 Å². The lowest BCUT2D eigenvalue weighted by Gasteiger charge is -2.47. The summed E-state index contributed by atoms with van der Waals surface area (Å²) in [5.41, 5.74) is 0.788. The van der Waals surface area contributed by atoms with Gasteiger partial charge in [-0.3, -0.25) is 15.1 Å². The molecular weight excluding hydrogens is 472 g/mol. The molecule has 1 aliphatic heterocycles. The minimum absolute atomic E-state index is 0.0694. The molecule has 35 heavy (non-hydrogen) atoms. The van der Waals surface area contributed by atoms with Crippen molar-refractivity contribution in [1.82, 2.24) is 15.6 Å². The highest BCUT2D eigenvalue weighted by Gasteiger charge is 2.48. The van der Waals surface area contributed by atoms with Gasteiger partial charge in [0.2, 0.25) is 0 Å². The maximum Gasteiger partial charge on any atom is 0.257 e. The van der Waals surface area contributed by atoms with Crippen LogP contribution in [0.3, 0.4) is 0 Å². The predicted octanol–water partition coefficient (Wildman–Crippen LogP) is 3.94. The van der Waals surface area contributed by atoms with E-state index in [-0.39, 0.29) is 23.9 Å². The van der Waals surface area contributed by atoms with Gasteiger partial charge >= 0.3 is 0 Å². The van der Waals surface area contributed by atoms with Crippen LogP contribution in [0.1, 0.15) is 39.7 Å². The molecule has 3 unspecified atom stereocenters. The number of ether oxygens (including phenoxy) is 1. The molecule has 2 heterocycles. The number of carbonyl (C=O) groups is 1. The van der Waals surface area contributed by atoms with Gasteiger partial charge in [-0.05, 0) is 55.4 Å². The Labute approximate surface area is 207 Å². The summed E-state index contributed by atoms with van der Waals surface area (Å²) < 4.78 is 34.9. The highest BCUT2D eigenvalue weighted by atomic mass is 32.1. The molecular formula is C26H25F2N3O3S. The van der Waals surface area contributed by atoms with Crippen molar-refractivity contribution in [2.45, 2.75) is 25.0 Å². The van der Waals surface area contributed by atoms with Crippen LogP contribution in [-0.2, 0) is 10.3 Å². The molecule has 2 aromatic carbocycles. The van der Waals surface area contributed by atoms with Crippen molar-refractivity contribution in [2.75, 3.05) is 13.2 Å². The number of aliphatic hydroxyl groups is 1. The van der Waals surface area contributed by atoms with E-state index in [2.05, 4.69) is 15.6 Å². The zero-order valence-corrected chi connectivity index (χ0v) is 19.8. The van der Waals surface area contributed by atoms with Crippen LogP contribution in [0.25, 0.3) is 0 Å². The summed E-state index contributed by atoms with van der Waals surface area (Å²) in [4.78, 5) is 16.9. The average molecular weight is 498 g/mol. The van der Waals surface area contributed by atoms with Crippen molar-refractivity contribution in [2.24, 2.45) is 5.92 Å². The van der Waals surface area contributed by atoms with E-state index in [9.17, 15) is 14.3 Å². The second kappa shape index (κ2) is 10.6. The zero-order valence-electron chi connectivity index (χ0n) is 19.0. The smallest absolute Gasteiger partial charge is 0.257 e. The third kappa shape index (κ3) is 5.37. The van der Waals surface area contributed by atoms with Crippen molar-refractivity contribution in [1.29, 1.82) is 0 Å². The first-order chi connectivity index (χ1) is 16.8. The highest BCUT2D eigenvalue weighted by Crippen LogP contribution is 2.43. The van der Waals surface area contributed by atoms with Crippen LogP contribution in [0.4, 0.5) is 8.78 Å². The molecule has 182 valence electrons. The molecule has 3 aromatic rings. The topological polar surface area (TPSA) is 83.5 Å². The minimum atomic E-state index is -1.36. The number of nitrogens with zero attached hydrogens (tertiary/aromatic N) is 1. The monoisotopic (exact) mass is 497 g/mol. The lowest BCUT2D eigenvalue weighted by atomic mass is 9.73. The summed E-state index contributed by atoms with van der Waals surface area (Å²) in [7, 11) is 0. The van der Waals surface area contributed by atoms with Crippen LogP contribution in [0.2, 0.25) is 0 Å². The number of aryl methyl sites for hydroxylation is 1. The van der Waals surface area contributed by atoms with Gasteiger partial charge in [-0.25, -0.2) is 8.78 Å². The van der Waals surface area contributed by atoms with Gasteiger partial charge in [0.25, 0.3) is 5.91 Å². The van der Waals surface area contributed by atoms with E-state index in [0.717, 1.165) is 23.4 Å². The van der Waals surface area contributed by atoms with Crippen molar-refractivity contribution < 1.29 is 23.4 Å². The first-order valence-electron chi connectivity index (χ1n) is 11.1. The standard InChI is InChI=1S/C26H25F2N3O3S/c1-16-7-8-18(13-29-16)23-11-19(14-32)26(15-34-23,21-10-9-20(27)12-22(21)28)31-25(35)30-24(33)17-5-3-2-4-6-17/h2-10,12-13,19,23,32H,11,14-15H2,1H3,(H2,30,31,33,35). The largest absolute Gasteiger partial charge is 0.396 e. The highest BCUT2D eigenvalue weighted by molar-refractivity contribution is 7.80. The number of aliphatic hydroxyl groups excluding tert-OH is 1. The Balaban J connectivity index is 1.65. The number of thiocarbonyl (C=S) groups is 1. The Bertz CT molecular complexity index is 1210. The molecule has 0 aliphatic carbocycles. The third-order valence-electron chi connectivity index (χ3n) is 6.25. The average Bonchev–Trinajstić information content (AvgIpc) is 2.85. The summed E-state index contributed by atoms with van der Waals surface area (Å²) in [6, 6.07) is 15.5. The second-order valence-corrected chi connectivity index (χ2v) is 8.93. The number of pyridine rings is 1. The van der Waals surface area contributed by atoms with Crippen LogP contribution in [0.15, 0.2) is 66.9 Å². The maximum atomic E-state index is 15.1. The van der Waals surface area contributed by atoms with Gasteiger partial charge in [-0.15, -0.1) is 0 Å². The molecule has 1 aliphatic rings. The Morgan fingerprint density at radius 2 is 1.97 bits per heavy atom. The van der Waals surface area contributed by atoms with E-state index in [1.165, 1.54) is 6.07 Å². The van der Waals surface area contributed by atoms with Crippen LogP contribution in [-0.4, -0.2) is 34.3 Å². The molecule has 3 atom stereocenters. The van der Waals surface area contributed by atoms with Gasteiger partial charge in [-0.2, -0.15) is 0 Å². The molecule has 3 N–H and O–H groups in total. The van der Waals surface area contributed by atoms with Gasteiger partial charge in [0.15, 0.2) is 5.11 Å². The fraction of sp³-hybridized carbons (Fsp3) is 0.269.